The lowest BCUT2D eigenvalue weighted by atomic mass is 9.72. The van der Waals surface area contributed by atoms with E-state index < -0.39 is 0 Å². The van der Waals surface area contributed by atoms with Gasteiger partial charge >= 0.3 is 0 Å². The first kappa shape index (κ1) is 16.5. The second-order valence-corrected chi connectivity index (χ2v) is 7.20. The molecule has 1 aliphatic rings. The molecule has 1 aromatic rings. The first-order chi connectivity index (χ1) is 10.0. The van der Waals surface area contributed by atoms with E-state index in [-0.39, 0.29) is 0 Å². The highest BCUT2D eigenvalue weighted by atomic mass is 15.3. The molecule has 1 aliphatic carbocycles. The Labute approximate surface area is 130 Å². The molecule has 2 rings (SSSR count). The topological polar surface area (TPSA) is 43.8 Å². The summed E-state index contributed by atoms with van der Waals surface area (Å²) in [4.78, 5) is 0. The minimum Gasteiger partial charge on any atom is -0.327 e. The summed E-state index contributed by atoms with van der Waals surface area (Å²) >= 11 is 0. The smallest absolute Gasteiger partial charge is 0.0628 e. The van der Waals surface area contributed by atoms with Crippen molar-refractivity contribution in [2.75, 3.05) is 0 Å². The fraction of sp³-hybridized carbons (Fsp3) is 0.833. The summed E-state index contributed by atoms with van der Waals surface area (Å²) in [5, 5.41) is 4.81. The normalized spacial score (nSPS) is 26.7. The zero-order chi connectivity index (χ0) is 15.4. The van der Waals surface area contributed by atoms with Gasteiger partial charge in [-0.05, 0) is 62.3 Å². The number of nitrogens with zero attached hydrogens (tertiary/aromatic N) is 2. The predicted molar refractivity (Wildman–Crippen MR) is 89.2 cm³/mol. The third kappa shape index (κ3) is 4.09. The van der Waals surface area contributed by atoms with Crippen LogP contribution in [0.5, 0.6) is 0 Å². The zero-order valence-electron chi connectivity index (χ0n) is 14.3. The van der Waals surface area contributed by atoms with Crippen molar-refractivity contribution in [3.63, 3.8) is 0 Å². The van der Waals surface area contributed by atoms with Crippen LogP contribution in [0.3, 0.4) is 0 Å². The Morgan fingerprint density at radius 2 is 2.00 bits per heavy atom. The molecule has 0 aliphatic heterocycles. The third-order valence-corrected chi connectivity index (χ3v) is 5.48. The SMILES string of the molecule is CCC(CC)n1ccc(CC2CC(C(C)C)CCC2N)n1. The average Bonchev–Trinajstić information content (AvgIpc) is 2.91. The highest BCUT2D eigenvalue weighted by Gasteiger charge is 2.30. The van der Waals surface area contributed by atoms with Crippen LogP contribution in [0.4, 0.5) is 0 Å². The van der Waals surface area contributed by atoms with Crippen LogP contribution in [0.2, 0.25) is 0 Å². The second-order valence-electron chi connectivity index (χ2n) is 7.20. The summed E-state index contributed by atoms with van der Waals surface area (Å²) in [6.07, 6.45) is 9.26. The predicted octanol–water partition coefficient (Wildman–Crippen LogP) is 4.19. The molecule has 3 heteroatoms. The van der Waals surface area contributed by atoms with Crippen molar-refractivity contribution in [2.45, 2.75) is 78.3 Å². The van der Waals surface area contributed by atoms with Crippen LogP contribution >= 0.6 is 0 Å². The fourth-order valence-corrected chi connectivity index (χ4v) is 3.78. The Kier molecular flexibility index (Phi) is 5.86. The molecule has 3 unspecified atom stereocenters. The minimum absolute atomic E-state index is 0.360. The maximum absolute atomic E-state index is 6.37. The van der Waals surface area contributed by atoms with Gasteiger partial charge in [0, 0.05) is 12.2 Å². The standard InChI is InChI=1S/C18H33N3/c1-5-17(6-2)21-10-9-16(20-21)12-15-11-14(13(3)4)7-8-18(15)19/h9-10,13-15,17-18H,5-8,11-12,19H2,1-4H3. The summed E-state index contributed by atoms with van der Waals surface area (Å²) in [5.74, 6) is 2.23. The second kappa shape index (κ2) is 7.44. The van der Waals surface area contributed by atoms with Gasteiger partial charge in [-0.1, -0.05) is 27.7 Å². The number of aromatic nitrogens is 2. The lowest BCUT2D eigenvalue weighted by Gasteiger charge is -2.35. The van der Waals surface area contributed by atoms with Gasteiger partial charge in [0.05, 0.1) is 11.7 Å². The summed E-state index contributed by atoms with van der Waals surface area (Å²) in [7, 11) is 0. The minimum atomic E-state index is 0.360. The lowest BCUT2D eigenvalue weighted by molar-refractivity contribution is 0.188. The van der Waals surface area contributed by atoms with Crippen molar-refractivity contribution >= 4 is 0 Å². The molecule has 0 radical (unpaired) electrons. The Morgan fingerprint density at radius 3 is 2.62 bits per heavy atom. The van der Waals surface area contributed by atoms with Crippen LogP contribution in [0.1, 0.15) is 71.5 Å². The molecule has 1 fully saturated rings. The van der Waals surface area contributed by atoms with Crippen LogP contribution in [0.15, 0.2) is 12.3 Å². The van der Waals surface area contributed by atoms with E-state index in [9.17, 15) is 0 Å². The Bertz CT molecular complexity index is 420. The summed E-state index contributed by atoms with van der Waals surface area (Å²) in [6, 6.07) is 3.10. The first-order valence-electron chi connectivity index (χ1n) is 8.84. The van der Waals surface area contributed by atoms with E-state index in [1.54, 1.807) is 0 Å². The Morgan fingerprint density at radius 1 is 1.29 bits per heavy atom. The van der Waals surface area contributed by atoms with E-state index in [0.29, 0.717) is 18.0 Å². The molecule has 0 amide bonds. The van der Waals surface area contributed by atoms with Crippen molar-refractivity contribution < 1.29 is 0 Å². The van der Waals surface area contributed by atoms with Crippen LogP contribution in [0, 0.1) is 17.8 Å². The van der Waals surface area contributed by atoms with Gasteiger partial charge in [0.1, 0.15) is 0 Å². The first-order valence-corrected chi connectivity index (χ1v) is 8.84. The molecule has 2 N–H and O–H groups in total. The summed E-state index contributed by atoms with van der Waals surface area (Å²) in [5.41, 5.74) is 7.60. The number of nitrogens with two attached hydrogens (primary N) is 1. The van der Waals surface area contributed by atoms with E-state index in [1.165, 1.54) is 25.0 Å². The van der Waals surface area contributed by atoms with E-state index in [2.05, 4.69) is 44.6 Å². The van der Waals surface area contributed by atoms with Crippen molar-refractivity contribution in [2.24, 2.45) is 23.5 Å². The molecule has 0 spiro atoms. The van der Waals surface area contributed by atoms with E-state index in [1.807, 2.05) is 0 Å². The fourth-order valence-electron chi connectivity index (χ4n) is 3.78. The van der Waals surface area contributed by atoms with Crippen molar-refractivity contribution in [1.29, 1.82) is 0 Å². The van der Waals surface area contributed by atoms with Crippen molar-refractivity contribution in [3.05, 3.63) is 18.0 Å². The van der Waals surface area contributed by atoms with E-state index >= 15 is 0 Å². The Balaban J connectivity index is 1.99. The largest absolute Gasteiger partial charge is 0.327 e. The monoisotopic (exact) mass is 291 g/mol. The van der Waals surface area contributed by atoms with Crippen molar-refractivity contribution in [3.8, 4) is 0 Å². The molecule has 120 valence electrons. The van der Waals surface area contributed by atoms with Crippen LogP contribution < -0.4 is 5.73 Å². The molecule has 0 bridgehead atoms. The maximum Gasteiger partial charge on any atom is 0.0628 e. The average molecular weight is 291 g/mol. The van der Waals surface area contributed by atoms with Gasteiger partial charge in [-0.2, -0.15) is 5.10 Å². The van der Waals surface area contributed by atoms with Gasteiger partial charge in [-0.3, -0.25) is 4.68 Å². The van der Waals surface area contributed by atoms with Gasteiger partial charge in [-0.25, -0.2) is 0 Å². The quantitative estimate of drug-likeness (QED) is 0.854. The van der Waals surface area contributed by atoms with Gasteiger partial charge < -0.3 is 5.73 Å². The maximum atomic E-state index is 6.37. The summed E-state index contributed by atoms with van der Waals surface area (Å²) in [6.45, 7) is 9.17. The number of hydrogen-bond acceptors (Lipinski definition) is 2. The summed E-state index contributed by atoms with van der Waals surface area (Å²) < 4.78 is 2.16. The van der Waals surface area contributed by atoms with Gasteiger partial charge in [0.25, 0.3) is 0 Å². The van der Waals surface area contributed by atoms with Crippen LogP contribution in [-0.4, -0.2) is 15.8 Å². The molecular formula is C18H33N3. The van der Waals surface area contributed by atoms with E-state index in [4.69, 9.17) is 10.8 Å². The molecule has 0 saturated heterocycles. The third-order valence-electron chi connectivity index (χ3n) is 5.48. The number of rotatable bonds is 6. The Hall–Kier alpha value is -0.830. The highest BCUT2D eigenvalue weighted by molar-refractivity contribution is 5.03. The van der Waals surface area contributed by atoms with Crippen molar-refractivity contribution in [1.82, 2.24) is 9.78 Å². The molecule has 1 aromatic heterocycles. The highest BCUT2D eigenvalue weighted by Crippen LogP contribution is 2.34. The molecule has 1 saturated carbocycles. The zero-order valence-corrected chi connectivity index (χ0v) is 14.3. The van der Waals surface area contributed by atoms with Crippen LogP contribution in [0.25, 0.3) is 0 Å². The van der Waals surface area contributed by atoms with E-state index in [0.717, 1.165) is 31.1 Å². The van der Waals surface area contributed by atoms with Gasteiger partial charge in [0.2, 0.25) is 0 Å². The molecule has 3 nitrogen and oxygen atoms in total. The van der Waals surface area contributed by atoms with Gasteiger partial charge in [0.15, 0.2) is 0 Å². The number of hydrogen-bond donors (Lipinski definition) is 1. The molecule has 21 heavy (non-hydrogen) atoms. The lowest BCUT2D eigenvalue weighted by Crippen LogP contribution is -2.38. The molecule has 3 atom stereocenters. The molecular weight excluding hydrogens is 258 g/mol. The van der Waals surface area contributed by atoms with Crippen LogP contribution in [-0.2, 0) is 6.42 Å². The molecule has 0 aromatic carbocycles. The molecule has 1 heterocycles. The van der Waals surface area contributed by atoms with Gasteiger partial charge in [-0.15, -0.1) is 0 Å².